The van der Waals surface area contributed by atoms with Crippen LogP contribution < -0.4 is 0 Å². The van der Waals surface area contributed by atoms with Crippen LogP contribution in [0.25, 0.3) is 11.5 Å². The van der Waals surface area contributed by atoms with Crippen molar-refractivity contribution in [3.63, 3.8) is 0 Å². The fourth-order valence-corrected chi connectivity index (χ4v) is 3.38. The molecule has 0 aliphatic carbocycles. The number of hydrogen-bond donors (Lipinski definition) is 0. The molecule has 0 saturated carbocycles. The molecule has 0 spiro atoms. The van der Waals surface area contributed by atoms with Gasteiger partial charge in [0.05, 0.1) is 11.7 Å². The molecular formula is C20H24N4O2. The highest BCUT2D eigenvalue weighted by atomic mass is 16.5. The Morgan fingerprint density at radius 1 is 1.15 bits per heavy atom. The molecule has 6 heteroatoms. The van der Waals surface area contributed by atoms with Crippen LogP contribution in [0.4, 0.5) is 0 Å². The highest BCUT2D eigenvalue weighted by Crippen LogP contribution is 2.32. The lowest BCUT2D eigenvalue weighted by Crippen LogP contribution is -2.33. The third-order valence-electron chi connectivity index (χ3n) is 4.81. The van der Waals surface area contributed by atoms with Crippen molar-refractivity contribution in [3.05, 3.63) is 54.0 Å². The summed E-state index contributed by atoms with van der Waals surface area (Å²) >= 11 is 0. The molecule has 3 heterocycles. The molecule has 0 radical (unpaired) electrons. The molecule has 0 bridgehead atoms. The van der Waals surface area contributed by atoms with Crippen molar-refractivity contribution in [2.75, 3.05) is 6.54 Å². The van der Waals surface area contributed by atoms with Gasteiger partial charge in [-0.15, -0.1) is 0 Å². The van der Waals surface area contributed by atoms with Gasteiger partial charge >= 0.3 is 0 Å². The zero-order valence-corrected chi connectivity index (χ0v) is 15.3. The van der Waals surface area contributed by atoms with Crippen molar-refractivity contribution in [1.29, 1.82) is 0 Å². The minimum Gasteiger partial charge on any atom is -0.444 e. The third-order valence-corrected chi connectivity index (χ3v) is 4.81. The van der Waals surface area contributed by atoms with E-state index >= 15 is 0 Å². The number of rotatable bonds is 5. The van der Waals surface area contributed by atoms with E-state index in [0.29, 0.717) is 5.89 Å². The van der Waals surface area contributed by atoms with Crippen LogP contribution in [0.3, 0.4) is 0 Å². The molecule has 1 atom stereocenters. The summed E-state index contributed by atoms with van der Waals surface area (Å²) in [4.78, 5) is 11.6. The molecule has 136 valence electrons. The van der Waals surface area contributed by atoms with Gasteiger partial charge in [0, 0.05) is 18.0 Å². The highest BCUT2D eigenvalue weighted by Gasteiger charge is 2.29. The van der Waals surface area contributed by atoms with Crippen LogP contribution in [0, 0.1) is 0 Å². The first-order chi connectivity index (χ1) is 12.7. The first-order valence-electron chi connectivity index (χ1n) is 9.28. The molecule has 0 amide bonds. The molecule has 1 unspecified atom stereocenters. The number of benzene rings is 1. The van der Waals surface area contributed by atoms with Crippen LogP contribution in [-0.2, 0) is 6.54 Å². The van der Waals surface area contributed by atoms with E-state index in [-0.39, 0.29) is 12.0 Å². The first kappa shape index (κ1) is 17.0. The minimum absolute atomic E-state index is 0.153. The van der Waals surface area contributed by atoms with Crippen LogP contribution in [0.2, 0.25) is 0 Å². The van der Waals surface area contributed by atoms with E-state index in [2.05, 4.69) is 33.9 Å². The van der Waals surface area contributed by atoms with Gasteiger partial charge in [0.15, 0.2) is 5.82 Å². The van der Waals surface area contributed by atoms with Gasteiger partial charge in [0.1, 0.15) is 6.26 Å². The van der Waals surface area contributed by atoms with E-state index in [1.54, 1.807) is 6.26 Å². The molecule has 1 aliphatic heterocycles. The molecule has 1 aliphatic rings. The summed E-state index contributed by atoms with van der Waals surface area (Å²) in [6, 6.07) is 10.1. The number of aromatic nitrogens is 3. The Hall–Kier alpha value is -2.47. The van der Waals surface area contributed by atoms with Gasteiger partial charge in [0.2, 0.25) is 11.8 Å². The maximum absolute atomic E-state index is 5.68. The number of oxazole rings is 1. The Kier molecular flexibility index (Phi) is 4.84. The Labute approximate surface area is 153 Å². The van der Waals surface area contributed by atoms with Crippen LogP contribution in [0.1, 0.15) is 62.5 Å². The largest absolute Gasteiger partial charge is 0.444 e. The molecule has 3 aromatic rings. The van der Waals surface area contributed by atoms with Crippen molar-refractivity contribution in [1.82, 2.24) is 20.0 Å². The second-order valence-corrected chi connectivity index (χ2v) is 7.14. The fourth-order valence-electron chi connectivity index (χ4n) is 3.38. The molecule has 4 rings (SSSR count). The van der Waals surface area contributed by atoms with Gasteiger partial charge in [-0.25, -0.2) is 4.98 Å². The predicted molar refractivity (Wildman–Crippen MR) is 97.3 cm³/mol. The molecule has 1 aromatic carbocycles. The van der Waals surface area contributed by atoms with Crippen molar-refractivity contribution >= 4 is 0 Å². The number of piperidine rings is 1. The Morgan fingerprint density at radius 3 is 2.77 bits per heavy atom. The van der Waals surface area contributed by atoms with Crippen molar-refractivity contribution in [3.8, 4) is 11.5 Å². The number of likely N-dealkylation sites (tertiary alicyclic amines) is 1. The van der Waals surface area contributed by atoms with Crippen LogP contribution in [0.5, 0.6) is 0 Å². The Balaban J connectivity index is 1.51. The van der Waals surface area contributed by atoms with Gasteiger partial charge in [-0.05, 0) is 31.5 Å². The Bertz CT molecular complexity index is 840. The van der Waals surface area contributed by atoms with Gasteiger partial charge in [-0.3, -0.25) is 4.90 Å². The SMILES string of the molecule is CC(C)c1noc(C2CCCCN2Cc2coc(-c3ccccc3)n2)n1. The van der Waals surface area contributed by atoms with Crippen LogP contribution in [0.15, 0.2) is 45.5 Å². The van der Waals surface area contributed by atoms with E-state index < -0.39 is 0 Å². The van der Waals surface area contributed by atoms with Crippen molar-refractivity contribution in [2.24, 2.45) is 0 Å². The summed E-state index contributed by atoms with van der Waals surface area (Å²) in [5.74, 6) is 2.43. The number of hydrogen-bond acceptors (Lipinski definition) is 6. The van der Waals surface area contributed by atoms with Crippen molar-refractivity contribution in [2.45, 2.75) is 51.6 Å². The summed E-state index contributed by atoms with van der Waals surface area (Å²) in [6.45, 7) is 5.87. The summed E-state index contributed by atoms with van der Waals surface area (Å²) in [7, 11) is 0. The monoisotopic (exact) mass is 352 g/mol. The summed E-state index contributed by atoms with van der Waals surface area (Å²) in [5.41, 5.74) is 1.92. The second-order valence-electron chi connectivity index (χ2n) is 7.14. The molecule has 0 N–H and O–H groups in total. The minimum atomic E-state index is 0.153. The van der Waals surface area contributed by atoms with E-state index in [1.165, 1.54) is 12.8 Å². The van der Waals surface area contributed by atoms with E-state index in [9.17, 15) is 0 Å². The zero-order valence-electron chi connectivity index (χ0n) is 15.3. The van der Waals surface area contributed by atoms with Gasteiger partial charge < -0.3 is 8.94 Å². The maximum Gasteiger partial charge on any atom is 0.244 e. The van der Waals surface area contributed by atoms with Crippen LogP contribution in [-0.4, -0.2) is 26.6 Å². The molecular weight excluding hydrogens is 328 g/mol. The molecule has 2 aromatic heterocycles. The molecule has 1 fully saturated rings. The second kappa shape index (κ2) is 7.41. The summed E-state index contributed by atoms with van der Waals surface area (Å²) < 4.78 is 11.2. The topological polar surface area (TPSA) is 68.2 Å². The summed E-state index contributed by atoms with van der Waals surface area (Å²) in [5, 5.41) is 4.13. The molecule has 26 heavy (non-hydrogen) atoms. The fraction of sp³-hybridized carbons (Fsp3) is 0.450. The lowest BCUT2D eigenvalue weighted by Gasteiger charge is -2.32. The van der Waals surface area contributed by atoms with Gasteiger partial charge in [-0.1, -0.05) is 43.6 Å². The standard InChI is InChI=1S/C20H24N4O2/c1-14(2)18-22-20(26-23-18)17-10-6-7-11-24(17)12-16-13-25-19(21-16)15-8-4-3-5-9-15/h3-5,8-9,13-14,17H,6-7,10-12H2,1-2H3. The van der Waals surface area contributed by atoms with Crippen molar-refractivity contribution < 1.29 is 8.94 Å². The molecule has 6 nitrogen and oxygen atoms in total. The first-order valence-corrected chi connectivity index (χ1v) is 9.28. The average Bonchev–Trinajstić information content (AvgIpc) is 3.33. The van der Waals surface area contributed by atoms with Gasteiger partial charge in [-0.2, -0.15) is 4.98 Å². The van der Waals surface area contributed by atoms with E-state index in [1.807, 2.05) is 30.3 Å². The van der Waals surface area contributed by atoms with E-state index in [0.717, 1.165) is 42.5 Å². The maximum atomic E-state index is 5.68. The predicted octanol–water partition coefficient (Wildman–Crippen LogP) is 4.58. The average molecular weight is 352 g/mol. The highest BCUT2D eigenvalue weighted by molar-refractivity contribution is 5.52. The lowest BCUT2D eigenvalue weighted by atomic mass is 10.0. The molecule has 1 saturated heterocycles. The zero-order chi connectivity index (χ0) is 17.9. The smallest absolute Gasteiger partial charge is 0.244 e. The van der Waals surface area contributed by atoms with Crippen LogP contribution >= 0.6 is 0 Å². The normalized spacial score (nSPS) is 18.5. The van der Waals surface area contributed by atoms with E-state index in [4.69, 9.17) is 8.94 Å². The Morgan fingerprint density at radius 2 is 2.00 bits per heavy atom. The number of nitrogens with zero attached hydrogens (tertiary/aromatic N) is 4. The third kappa shape index (κ3) is 3.55. The quantitative estimate of drug-likeness (QED) is 0.670. The van der Waals surface area contributed by atoms with Gasteiger partial charge in [0.25, 0.3) is 0 Å². The lowest BCUT2D eigenvalue weighted by molar-refractivity contribution is 0.110. The summed E-state index contributed by atoms with van der Waals surface area (Å²) in [6.07, 6.45) is 5.13.